The summed E-state index contributed by atoms with van der Waals surface area (Å²) in [7, 11) is -4.08. The number of halogens is 3. The van der Waals surface area contributed by atoms with Gasteiger partial charge in [0.1, 0.15) is 6.04 Å². The molecule has 0 saturated heterocycles. The molecule has 0 fully saturated rings. The molecule has 0 aliphatic rings. The van der Waals surface area contributed by atoms with Crippen LogP contribution in [-0.4, -0.2) is 31.7 Å². The molecule has 0 aliphatic carbocycles. The van der Waals surface area contributed by atoms with Gasteiger partial charge in [-0.15, -0.1) is 0 Å². The van der Waals surface area contributed by atoms with Gasteiger partial charge in [-0.2, -0.15) is 17.9 Å². The van der Waals surface area contributed by atoms with Crippen LogP contribution in [0.4, 0.5) is 13.2 Å². The SMILES string of the molecule is CC(NS(=O)(=O)c1ccc(CC(F)(F)F)cc1)C(=O)O. The Morgan fingerprint density at radius 3 is 2.20 bits per heavy atom. The van der Waals surface area contributed by atoms with E-state index in [9.17, 15) is 26.4 Å². The van der Waals surface area contributed by atoms with Crippen LogP contribution >= 0.6 is 0 Å². The molecule has 2 N–H and O–H groups in total. The molecule has 1 aromatic rings. The maximum absolute atomic E-state index is 12.1. The van der Waals surface area contributed by atoms with Gasteiger partial charge in [0.25, 0.3) is 0 Å². The van der Waals surface area contributed by atoms with E-state index in [0.717, 1.165) is 31.2 Å². The number of carboxylic acid groups (broad SMARTS) is 1. The lowest BCUT2D eigenvalue weighted by atomic mass is 10.1. The highest BCUT2D eigenvalue weighted by atomic mass is 32.2. The fourth-order valence-electron chi connectivity index (χ4n) is 1.37. The van der Waals surface area contributed by atoms with Crippen LogP contribution in [-0.2, 0) is 21.2 Å². The van der Waals surface area contributed by atoms with Gasteiger partial charge in [0.05, 0.1) is 11.3 Å². The zero-order valence-electron chi connectivity index (χ0n) is 10.3. The highest BCUT2D eigenvalue weighted by Crippen LogP contribution is 2.22. The molecule has 0 aliphatic heterocycles. The van der Waals surface area contributed by atoms with Crippen LogP contribution in [0.25, 0.3) is 0 Å². The van der Waals surface area contributed by atoms with Gasteiger partial charge in [0, 0.05) is 0 Å². The van der Waals surface area contributed by atoms with Crippen molar-refractivity contribution in [2.45, 2.75) is 30.5 Å². The summed E-state index contributed by atoms with van der Waals surface area (Å²) >= 11 is 0. The molecule has 0 saturated carbocycles. The van der Waals surface area contributed by atoms with Crippen molar-refractivity contribution < 1.29 is 31.5 Å². The number of aliphatic carboxylic acids is 1. The molecule has 0 heterocycles. The smallest absolute Gasteiger partial charge is 0.393 e. The molecule has 20 heavy (non-hydrogen) atoms. The molecule has 0 amide bonds. The van der Waals surface area contributed by atoms with E-state index in [-0.39, 0.29) is 10.5 Å². The number of rotatable bonds is 5. The first kappa shape index (κ1) is 16.4. The molecule has 1 aromatic carbocycles. The van der Waals surface area contributed by atoms with E-state index in [1.807, 2.05) is 4.72 Å². The van der Waals surface area contributed by atoms with E-state index in [2.05, 4.69) is 0 Å². The summed E-state index contributed by atoms with van der Waals surface area (Å²) in [6.07, 6.45) is -5.54. The second kappa shape index (κ2) is 5.80. The van der Waals surface area contributed by atoms with E-state index in [1.54, 1.807) is 0 Å². The van der Waals surface area contributed by atoms with Crippen LogP contribution in [0.3, 0.4) is 0 Å². The molecule has 1 atom stereocenters. The molecule has 9 heteroatoms. The van der Waals surface area contributed by atoms with E-state index >= 15 is 0 Å². The Labute approximate surface area is 113 Å². The van der Waals surface area contributed by atoms with Crippen molar-refractivity contribution in [3.05, 3.63) is 29.8 Å². The summed E-state index contributed by atoms with van der Waals surface area (Å²) in [5, 5.41) is 8.61. The predicted molar refractivity (Wildman–Crippen MR) is 63.6 cm³/mol. The van der Waals surface area contributed by atoms with Crippen molar-refractivity contribution in [3.63, 3.8) is 0 Å². The monoisotopic (exact) mass is 311 g/mol. The molecule has 1 unspecified atom stereocenters. The largest absolute Gasteiger partial charge is 0.480 e. The Balaban J connectivity index is 2.90. The van der Waals surface area contributed by atoms with Crippen molar-refractivity contribution >= 4 is 16.0 Å². The van der Waals surface area contributed by atoms with E-state index < -0.39 is 34.6 Å². The van der Waals surface area contributed by atoms with Crippen LogP contribution in [0.1, 0.15) is 12.5 Å². The Kier molecular flexibility index (Phi) is 4.77. The molecule has 5 nitrogen and oxygen atoms in total. The highest BCUT2D eigenvalue weighted by molar-refractivity contribution is 7.89. The Bertz CT molecular complexity index is 581. The first-order valence-electron chi connectivity index (χ1n) is 5.42. The summed E-state index contributed by atoms with van der Waals surface area (Å²) in [6.45, 7) is 1.14. The van der Waals surface area contributed by atoms with Gasteiger partial charge >= 0.3 is 12.1 Å². The Morgan fingerprint density at radius 2 is 1.80 bits per heavy atom. The van der Waals surface area contributed by atoms with Gasteiger partial charge < -0.3 is 5.11 Å². The summed E-state index contributed by atoms with van der Waals surface area (Å²) in [5.41, 5.74) is -0.0808. The third kappa shape index (κ3) is 4.82. The average molecular weight is 311 g/mol. The molecule has 0 radical (unpaired) electrons. The van der Waals surface area contributed by atoms with E-state index in [1.165, 1.54) is 0 Å². The minimum atomic E-state index is -4.38. The Hall–Kier alpha value is -1.61. The third-order valence-electron chi connectivity index (χ3n) is 2.34. The lowest BCUT2D eigenvalue weighted by molar-refractivity contribution is -0.138. The van der Waals surface area contributed by atoms with Gasteiger partial charge in [0.2, 0.25) is 10.0 Å². The first-order chi connectivity index (χ1) is 9.01. The number of carbonyl (C=O) groups is 1. The number of hydrogen-bond acceptors (Lipinski definition) is 3. The lowest BCUT2D eigenvalue weighted by Crippen LogP contribution is -2.38. The fourth-order valence-corrected chi connectivity index (χ4v) is 2.57. The highest BCUT2D eigenvalue weighted by Gasteiger charge is 2.28. The zero-order valence-corrected chi connectivity index (χ0v) is 11.1. The van der Waals surface area contributed by atoms with Crippen molar-refractivity contribution in [3.8, 4) is 0 Å². The minimum Gasteiger partial charge on any atom is -0.480 e. The number of alkyl halides is 3. The summed E-state index contributed by atoms with van der Waals surface area (Å²) in [4.78, 5) is 10.3. The van der Waals surface area contributed by atoms with E-state index in [4.69, 9.17) is 5.11 Å². The normalized spacial score (nSPS) is 14.0. The maximum Gasteiger partial charge on any atom is 0.393 e. The number of nitrogens with one attached hydrogen (secondary N) is 1. The van der Waals surface area contributed by atoms with Crippen LogP contribution in [0.15, 0.2) is 29.2 Å². The van der Waals surface area contributed by atoms with Gasteiger partial charge in [-0.3, -0.25) is 4.79 Å². The van der Waals surface area contributed by atoms with Crippen LogP contribution in [0.2, 0.25) is 0 Å². The number of benzene rings is 1. The van der Waals surface area contributed by atoms with Crippen molar-refractivity contribution in [2.24, 2.45) is 0 Å². The third-order valence-corrected chi connectivity index (χ3v) is 3.90. The van der Waals surface area contributed by atoms with Crippen molar-refractivity contribution in [1.29, 1.82) is 0 Å². The Morgan fingerprint density at radius 1 is 1.30 bits per heavy atom. The van der Waals surface area contributed by atoms with E-state index in [0.29, 0.717) is 0 Å². The molecular weight excluding hydrogens is 299 g/mol. The second-order valence-corrected chi connectivity index (χ2v) is 5.83. The van der Waals surface area contributed by atoms with Crippen molar-refractivity contribution in [1.82, 2.24) is 4.72 Å². The van der Waals surface area contributed by atoms with Gasteiger partial charge in [-0.1, -0.05) is 12.1 Å². The molecule has 0 spiro atoms. The lowest BCUT2D eigenvalue weighted by Gasteiger charge is -2.11. The summed E-state index contributed by atoms with van der Waals surface area (Å²) < 4.78 is 61.8. The number of hydrogen-bond donors (Lipinski definition) is 2. The minimum absolute atomic E-state index is 0.0808. The van der Waals surface area contributed by atoms with Crippen LogP contribution in [0, 0.1) is 0 Å². The van der Waals surface area contributed by atoms with Gasteiger partial charge in [0.15, 0.2) is 0 Å². The molecule has 112 valence electrons. The van der Waals surface area contributed by atoms with Gasteiger partial charge in [-0.05, 0) is 24.6 Å². The van der Waals surface area contributed by atoms with Crippen LogP contribution < -0.4 is 4.72 Å². The second-order valence-electron chi connectivity index (χ2n) is 4.12. The van der Waals surface area contributed by atoms with Crippen LogP contribution in [0.5, 0.6) is 0 Å². The summed E-state index contributed by atoms with van der Waals surface area (Å²) in [5.74, 6) is -1.36. The quantitative estimate of drug-likeness (QED) is 0.864. The predicted octanol–water partition coefficient (Wildman–Crippen LogP) is 1.54. The molecule has 1 rings (SSSR count). The zero-order chi connectivity index (χ0) is 15.6. The summed E-state index contributed by atoms with van der Waals surface area (Å²) in [6, 6.07) is 2.73. The standard InChI is InChI=1S/C11H12F3NO4S/c1-7(10(16)17)15-20(18,19)9-4-2-8(3-5-9)6-11(12,13)14/h2-5,7,15H,6H2,1H3,(H,16,17). The number of carboxylic acids is 1. The van der Waals surface area contributed by atoms with Crippen molar-refractivity contribution in [2.75, 3.05) is 0 Å². The number of sulfonamides is 1. The maximum atomic E-state index is 12.1. The topological polar surface area (TPSA) is 83.5 Å². The fraction of sp³-hybridized carbons (Fsp3) is 0.364. The molecular formula is C11H12F3NO4S. The first-order valence-corrected chi connectivity index (χ1v) is 6.90. The molecule has 0 aromatic heterocycles. The average Bonchev–Trinajstić information content (AvgIpc) is 2.26. The molecule has 0 bridgehead atoms. The van der Waals surface area contributed by atoms with Gasteiger partial charge in [-0.25, -0.2) is 8.42 Å².